The minimum Gasteiger partial charge on any atom is -0.323 e. The van der Waals surface area contributed by atoms with Gasteiger partial charge in [0.05, 0.1) is 26.7 Å². The van der Waals surface area contributed by atoms with Crippen LogP contribution in [0.4, 0.5) is 0 Å². The van der Waals surface area contributed by atoms with Crippen molar-refractivity contribution in [2.24, 2.45) is 5.92 Å². The van der Waals surface area contributed by atoms with E-state index in [1.807, 2.05) is 0 Å². The molecule has 0 rings (SSSR count). The van der Waals surface area contributed by atoms with Gasteiger partial charge in [-0.2, -0.15) is 0 Å². The van der Waals surface area contributed by atoms with Crippen molar-refractivity contribution in [1.29, 1.82) is 0 Å². The number of unbranched alkanes of at least 4 members (excludes halogenated alkanes) is 17. The number of hydrogen-bond donors (Lipinski definition) is 0. The molecule has 2 unspecified atom stereocenters. The number of hydrogen-bond acceptors (Lipinski definition) is 0. The van der Waals surface area contributed by atoms with Crippen LogP contribution in [-0.2, 0) is 0 Å². The molecule has 0 aromatic carbocycles. The maximum Gasteiger partial charge on any atom is 0.0969 e. The Hall–Kier alpha value is -0.300. The van der Waals surface area contributed by atoms with E-state index in [2.05, 4.69) is 47.5 Å². The van der Waals surface area contributed by atoms with Crippen molar-refractivity contribution in [1.82, 2.24) is 0 Å². The molecule has 0 aliphatic heterocycles. The van der Waals surface area contributed by atoms with Crippen LogP contribution in [0.5, 0.6) is 0 Å². The minimum atomic E-state index is 0.788. The van der Waals surface area contributed by atoms with E-state index in [0.29, 0.717) is 0 Å². The lowest BCUT2D eigenvalue weighted by atomic mass is 9.88. The molecular formula is C31H64N+. The van der Waals surface area contributed by atoms with Gasteiger partial charge in [0.2, 0.25) is 0 Å². The molecule has 0 aromatic rings. The first kappa shape index (κ1) is 31.7. The molecule has 0 fully saturated rings. The Morgan fingerprint density at radius 1 is 0.562 bits per heavy atom. The highest BCUT2D eigenvalue weighted by molar-refractivity contribution is 4.72. The quantitative estimate of drug-likeness (QED) is 0.0736. The van der Waals surface area contributed by atoms with E-state index >= 15 is 0 Å². The summed E-state index contributed by atoms with van der Waals surface area (Å²) in [6.45, 7) is 12.3. The van der Waals surface area contributed by atoms with Crippen LogP contribution in [0.1, 0.15) is 156 Å². The fourth-order valence-electron chi connectivity index (χ4n) is 5.60. The highest BCUT2D eigenvalue weighted by atomic mass is 15.3. The normalized spacial score (nSPS) is 13.9. The fraction of sp³-hybridized carbons (Fsp3) is 0.935. The fourth-order valence-corrected chi connectivity index (χ4v) is 5.60. The maximum atomic E-state index is 4.02. The Kier molecular flexibility index (Phi) is 22.3. The monoisotopic (exact) mass is 451 g/mol. The van der Waals surface area contributed by atoms with Gasteiger partial charge in [0.15, 0.2) is 0 Å². The van der Waals surface area contributed by atoms with Gasteiger partial charge in [0.25, 0.3) is 0 Å². The highest BCUT2D eigenvalue weighted by Crippen LogP contribution is 2.26. The van der Waals surface area contributed by atoms with Gasteiger partial charge in [-0.3, -0.25) is 0 Å². The lowest BCUT2D eigenvalue weighted by Crippen LogP contribution is -2.52. The predicted octanol–water partition coefficient (Wildman–Crippen LogP) is 10.5. The second-order valence-corrected chi connectivity index (χ2v) is 11.4. The molecule has 0 saturated heterocycles. The van der Waals surface area contributed by atoms with Crippen molar-refractivity contribution < 1.29 is 4.48 Å². The van der Waals surface area contributed by atoms with Crippen molar-refractivity contribution >= 4 is 0 Å². The first-order chi connectivity index (χ1) is 15.5. The van der Waals surface area contributed by atoms with Crippen molar-refractivity contribution in [3.8, 4) is 0 Å². The highest BCUT2D eigenvalue weighted by Gasteiger charge is 2.31. The lowest BCUT2D eigenvalue weighted by molar-refractivity contribution is -0.913. The van der Waals surface area contributed by atoms with E-state index in [0.717, 1.165) is 23.0 Å². The lowest BCUT2D eigenvalue weighted by Gasteiger charge is -2.41. The zero-order valence-corrected chi connectivity index (χ0v) is 23.4. The van der Waals surface area contributed by atoms with Gasteiger partial charge < -0.3 is 4.48 Å². The summed E-state index contributed by atoms with van der Waals surface area (Å²) in [5.74, 6) is 0.827. The van der Waals surface area contributed by atoms with E-state index in [4.69, 9.17) is 0 Å². The number of rotatable bonds is 25. The van der Waals surface area contributed by atoms with Crippen LogP contribution >= 0.6 is 0 Å². The Balaban J connectivity index is 3.70. The Morgan fingerprint density at radius 3 is 1.31 bits per heavy atom. The van der Waals surface area contributed by atoms with Crippen LogP contribution in [0.2, 0.25) is 0 Å². The zero-order valence-electron chi connectivity index (χ0n) is 23.4. The molecule has 1 nitrogen and oxygen atoms in total. The Morgan fingerprint density at radius 2 is 0.906 bits per heavy atom. The topological polar surface area (TPSA) is 0 Å². The Bertz CT molecular complexity index is 386. The average Bonchev–Trinajstić information content (AvgIpc) is 2.76. The molecule has 0 aliphatic carbocycles. The van der Waals surface area contributed by atoms with Gasteiger partial charge in [-0.05, 0) is 25.3 Å². The van der Waals surface area contributed by atoms with Gasteiger partial charge in [-0.15, -0.1) is 0 Å². The third kappa shape index (κ3) is 18.2. The van der Waals surface area contributed by atoms with Gasteiger partial charge in [0.1, 0.15) is 0 Å². The molecule has 0 saturated carbocycles. The summed E-state index contributed by atoms with van der Waals surface area (Å²) in [4.78, 5) is 0. The average molecular weight is 451 g/mol. The van der Waals surface area contributed by atoms with E-state index in [9.17, 15) is 0 Å². The molecule has 2 atom stereocenters. The van der Waals surface area contributed by atoms with E-state index < -0.39 is 0 Å². The van der Waals surface area contributed by atoms with Crippen LogP contribution in [0, 0.1) is 5.92 Å². The molecule has 0 aliphatic rings. The molecule has 0 bridgehead atoms. The molecule has 0 N–H and O–H groups in total. The van der Waals surface area contributed by atoms with E-state index in [-0.39, 0.29) is 0 Å². The van der Waals surface area contributed by atoms with Crippen LogP contribution in [0.25, 0.3) is 0 Å². The van der Waals surface area contributed by atoms with Crippen LogP contribution in [0.3, 0.4) is 0 Å². The maximum absolute atomic E-state index is 4.02. The summed E-state index contributed by atoms with van der Waals surface area (Å²) in [7, 11) is 4.84. The van der Waals surface area contributed by atoms with Crippen molar-refractivity contribution in [3.05, 3.63) is 12.7 Å². The molecule has 0 radical (unpaired) electrons. The third-order valence-corrected chi connectivity index (χ3v) is 7.77. The first-order valence-electron chi connectivity index (χ1n) is 14.9. The molecule has 32 heavy (non-hydrogen) atoms. The second-order valence-electron chi connectivity index (χ2n) is 11.4. The SMILES string of the molecule is C=CC[N+](C)(C)C(CCCCC)C(C)CCCCCCCCCCCCCCCCCC. The standard InChI is InChI=1S/C31H64N/c1-7-10-12-13-14-15-16-17-18-19-20-21-22-23-24-26-27-30(4)31(28-25-11-8-2)32(5,6)29-9-3/h9,30-31H,3,7-8,10-29H2,1-2,4-6H3/q+1. The Labute approximate surface area is 205 Å². The van der Waals surface area contributed by atoms with Gasteiger partial charge in [0, 0.05) is 5.92 Å². The molecule has 0 aromatic heterocycles. The predicted molar refractivity (Wildman–Crippen MR) is 148 cm³/mol. The summed E-state index contributed by atoms with van der Waals surface area (Å²) in [6, 6.07) is 0.788. The number of nitrogens with zero attached hydrogens (tertiary/aromatic N) is 1. The molecular weight excluding hydrogens is 386 g/mol. The summed E-state index contributed by atoms with van der Waals surface area (Å²) < 4.78 is 1.12. The second kappa shape index (κ2) is 22.5. The van der Waals surface area contributed by atoms with E-state index in [1.54, 1.807) is 0 Å². The van der Waals surface area contributed by atoms with Crippen molar-refractivity contribution in [3.63, 3.8) is 0 Å². The van der Waals surface area contributed by atoms with Crippen LogP contribution in [0.15, 0.2) is 12.7 Å². The number of likely N-dealkylation sites (N-methyl/N-ethyl adjacent to an activating group) is 1. The molecule has 0 amide bonds. The molecule has 0 heterocycles. The first-order valence-corrected chi connectivity index (χ1v) is 14.9. The molecule has 192 valence electrons. The zero-order chi connectivity index (χ0) is 23.9. The van der Waals surface area contributed by atoms with Crippen LogP contribution < -0.4 is 0 Å². The van der Waals surface area contributed by atoms with Gasteiger partial charge in [-0.25, -0.2) is 0 Å². The summed E-state index contributed by atoms with van der Waals surface area (Å²) in [6.07, 6.45) is 32.3. The van der Waals surface area contributed by atoms with Gasteiger partial charge >= 0.3 is 0 Å². The molecule has 0 spiro atoms. The smallest absolute Gasteiger partial charge is 0.0969 e. The van der Waals surface area contributed by atoms with Gasteiger partial charge in [-0.1, -0.05) is 143 Å². The van der Waals surface area contributed by atoms with Crippen molar-refractivity contribution in [2.75, 3.05) is 20.6 Å². The summed E-state index contributed by atoms with van der Waals surface area (Å²) in [5.41, 5.74) is 0. The van der Waals surface area contributed by atoms with Crippen molar-refractivity contribution in [2.45, 2.75) is 162 Å². The molecule has 1 heteroatoms. The number of quaternary nitrogens is 1. The minimum absolute atomic E-state index is 0.788. The summed E-state index contributed by atoms with van der Waals surface area (Å²) in [5, 5.41) is 0. The third-order valence-electron chi connectivity index (χ3n) is 7.77. The van der Waals surface area contributed by atoms with E-state index in [1.165, 1.54) is 135 Å². The van der Waals surface area contributed by atoms with Crippen LogP contribution in [-0.4, -0.2) is 31.2 Å². The largest absolute Gasteiger partial charge is 0.323 e. The summed E-state index contributed by atoms with van der Waals surface area (Å²) >= 11 is 0.